The SMILES string of the molecule is Cc1cn2c(n1)CC[C@@H](NC(=O)C1(C#N)CCCC1)C2. The highest BCUT2D eigenvalue weighted by atomic mass is 16.2. The molecular formula is C15H20N4O. The van der Waals surface area contributed by atoms with Crippen molar-refractivity contribution in [2.75, 3.05) is 0 Å². The van der Waals surface area contributed by atoms with Crippen LogP contribution in [0, 0.1) is 23.7 Å². The zero-order chi connectivity index (χ0) is 14.2. The average molecular weight is 272 g/mol. The van der Waals surface area contributed by atoms with Crippen molar-refractivity contribution >= 4 is 5.91 Å². The molecule has 0 unspecified atom stereocenters. The van der Waals surface area contributed by atoms with Gasteiger partial charge in [-0.15, -0.1) is 0 Å². The molecule has 0 spiro atoms. The number of nitriles is 1. The van der Waals surface area contributed by atoms with Crippen LogP contribution in [0.25, 0.3) is 0 Å². The van der Waals surface area contributed by atoms with Crippen LogP contribution in [0.5, 0.6) is 0 Å². The molecule has 0 saturated heterocycles. The Morgan fingerprint density at radius 2 is 2.30 bits per heavy atom. The maximum atomic E-state index is 12.4. The largest absolute Gasteiger partial charge is 0.350 e. The molecule has 2 heterocycles. The van der Waals surface area contributed by atoms with Crippen molar-refractivity contribution in [3.63, 3.8) is 0 Å². The molecule has 1 aliphatic heterocycles. The van der Waals surface area contributed by atoms with Crippen LogP contribution in [-0.4, -0.2) is 21.5 Å². The van der Waals surface area contributed by atoms with Crippen molar-refractivity contribution < 1.29 is 4.79 Å². The van der Waals surface area contributed by atoms with Gasteiger partial charge in [-0.2, -0.15) is 5.26 Å². The van der Waals surface area contributed by atoms with Crippen LogP contribution in [0.4, 0.5) is 0 Å². The van der Waals surface area contributed by atoms with E-state index in [0.717, 1.165) is 43.7 Å². The van der Waals surface area contributed by atoms with Gasteiger partial charge < -0.3 is 9.88 Å². The van der Waals surface area contributed by atoms with Gasteiger partial charge in [-0.3, -0.25) is 4.79 Å². The molecule has 1 N–H and O–H groups in total. The smallest absolute Gasteiger partial charge is 0.240 e. The number of aryl methyl sites for hydroxylation is 2. The van der Waals surface area contributed by atoms with Gasteiger partial charge in [0.15, 0.2) is 0 Å². The Morgan fingerprint density at radius 1 is 1.55 bits per heavy atom. The van der Waals surface area contributed by atoms with E-state index in [9.17, 15) is 10.1 Å². The van der Waals surface area contributed by atoms with Crippen molar-refractivity contribution in [2.24, 2.45) is 5.41 Å². The summed E-state index contributed by atoms with van der Waals surface area (Å²) in [5, 5.41) is 12.4. The Hall–Kier alpha value is -1.83. The van der Waals surface area contributed by atoms with Gasteiger partial charge >= 0.3 is 0 Å². The van der Waals surface area contributed by atoms with E-state index < -0.39 is 5.41 Å². The van der Waals surface area contributed by atoms with E-state index in [1.807, 2.05) is 13.1 Å². The summed E-state index contributed by atoms with van der Waals surface area (Å²) < 4.78 is 2.12. The molecule has 5 nitrogen and oxygen atoms in total. The van der Waals surface area contributed by atoms with E-state index in [1.165, 1.54) is 0 Å². The number of amides is 1. The number of hydrogen-bond acceptors (Lipinski definition) is 3. The highest BCUT2D eigenvalue weighted by Gasteiger charge is 2.42. The number of fused-ring (bicyclic) bond motifs is 1. The molecule has 5 heteroatoms. The van der Waals surface area contributed by atoms with Crippen LogP contribution in [0.3, 0.4) is 0 Å². The number of aromatic nitrogens is 2. The summed E-state index contributed by atoms with van der Waals surface area (Å²) in [6.07, 6.45) is 7.20. The van der Waals surface area contributed by atoms with Gasteiger partial charge in [-0.05, 0) is 26.2 Å². The zero-order valence-corrected chi connectivity index (χ0v) is 11.9. The van der Waals surface area contributed by atoms with Gasteiger partial charge in [0.1, 0.15) is 11.2 Å². The molecule has 1 saturated carbocycles. The molecule has 2 aliphatic rings. The molecule has 20 heavy (non-hydrogen) atoms. The van der Waals surface area contributed by atoms with Crippen molar-refractivity contribution in [3.8, 4) is 6.07 Å². The van der Waals surface area contributed by atoms with Crippen LogP contribution < -0.4 is 5.32 Å². The number of carbonyl (C=O) groups excluding carboxylic acids is 1. The monoisotopic (exact) mass is 272 g/mol. The highest BCUT2D eigenvalue weighted by molar-refractivity contribution is 5.86. The van der Waals surface area contributed by atoms with Gasteiger partial charge in [0.05, 0.1) is 11.8 Å². The Labute approximate surface area is 119 Å². The van der Waals surface area contributed by atoms with Crippen LogP contribution in [0.15, 0.2) is 6.20 Å². The Balaban J connectivity index is 1.67. The van der Waals surface area contributed by atoms with Crippen molar-refractivity contribution in [2.45, 2.75) is 58.0 Å². The fourth-order valence-electron chi connectivity index (χ4n) is 3.40. The third-order valence-corrected chi connectivity index (χ3v) is 4.55. The number of carbonyl (C=O) groups is 1. The number of nitrogens with one attached hydrogen (secondary N) is 1. The summed E-state index contributed by atoms with van der Waals surface area (Å²) in [6, 6.07) is 2.38. The molecule has 1 fully saturated rings. The topological polar surface area (TPSA) is 70.7 Å². The Bertz CT molecular complexity index is 563. The van der Waals surface area contributed by atoms with Crippen molar-refractivity contribution in [1.29, 1.82) is 5.26 Å². The first-order chi connectivity index (χ1) is 9.63. The number of rotatable bonds is 2. The maximum Gasteiger partial charge on any atom is 0.240 e. The third-order valence-electron chi connectivity index (χ3n) is 4.55. The quantitative estimate of drug-likeness (QED) is 0.891. The lowest BCUT2D eigenvalue weighted by Crippen LogP contribution is -2.47. The Morgan fingerprint density at radius 3 is 3.00 bits per heavy atom. The Kier molecular flexibility index (Phi) is 3.25. The minimum absolute atomic E-state index is 0.0669. The first-order valence-electron chi connectivity index (χ1n) is 7.38. The molecule has 3 rings (SSSR count). The predicted molar refractivity (Wildman–Crippen MR) is 73.7 cm³/mol. The molecular weight excluding hydrogens is 252 g/mol. The molecule has 106 valence electrons. The maximum absolute atomic E-state index is 12.4. The van der Waals surface area contributed by atoms with Crippen LogP contribution >= 0.6 is 0 Å². The second-order valence-electron chi connectivity index (χ2n) is 6.06. The number of hydrogen-bond donors (Lipinski definition) is 1. The summed E-state index contributed by atoms with van der Waals surface area (Å²) in [7, 11) is 0. The lowest BCUT2D eigenvalue weighted by Gasteiger charge is -2.28. The fraction of sp³-hybridized carbons (Fsp3) is 0.667. The molecule has 1 atom stereocenters. The van der Waals surface area contributed by atoms with E-state index in [4.69, 9.17) is 0 Å². The van der Waals surface area contributed by atoms with E-state index >= 15 is 0 Å². The van der Waals surface area contributed by atoms with E-state index in [0.29, 0.717) is 12.8 Å². The second kappa shape index (κ2) is 4.93. The summed E-state index contributed by atoms with van der Waals surface area (Å²) in [6.45, 7) is 2.76. The van der Waals surface area contributed by atoms with Crippen molar-refractivity contribution in [3.05, 3.63) is 17.7 Å². The third kappa shape index (κ3) is 2.20. The van der Waals surface area contributed by atoms with Crippen LogP contribution in [0.1, 0.15) is 43.6 Å². The van der Waals surface area contributed by atoms with Crippen molar-refractivity contribution in [1.82, 2.24) is 14.9 Å². The van der Waals surface area contributed by atoms with Gasteiger partial charge in [0, 0.05) is 25.2 Å². The minimum atomic E-state index is -0.773. The molecule has 1 amide bonds. The predicted octanol–water partition coefficient (Wildman–Crippen LogP) is 1.71. The van der Waals surface area contributed by atoms with E-state index in [2.05, 4.69) is 20.9 Å². The summed E-state index contributed by atoms with van der Waals surface area (Å²) in [5.74, 6) is 1.03. The van der Waals surface area contributed by atoms with Crippen LogP contribution in [-0.2, 0) is 17.8 Å². The van der Waals surface area contributed by atoms with E-state index in [1.54, 1.807) is 0 Å². The number of nitrogens with zero attached hydrogens (tertiary/aromatic N) is 3. The zero-order valence-electron chi connectivity index (χ0n) is 11.9. The molecule has 1 aromatic heterocycles. The summed E-state index contributed by atoms with van der Waals surface area (Å²) in [4.78, 5) is 16.9. The van der Waals surface area contributed by atoms with Crippen LogP contribution in [0.2, 0.25) is 0 Å². The van der Waals surface area contributed by atoms with Gasteiger partial charge in [0.2, 0.25) is 5.91 Å². The van der Waals surface area contributed by atoms with Gasteiger partial charge in [-0.25, -0.2) is 4.98 Å². The summed E-state index contributed by atoms with van der Waals surface area (Å²) >= 11 is 0. The number of imidazole rings is 1. The fourth-order valence-corrected chi connectivity index (χ4v) is 3.40. The molecule has 0 radical (unpaired) electrons. The highest BCUT2D eigenvalue weighted by Crippen LogP contribution is 2.37. The first kappa shape index (κ1) is 13.2. The lowest BCUT2D eigenvalue weighted by molar-refractivity contribution is -0.128. The molecule has 1 aliphatic carbocycles. The molecule has 1 aromatic rings. The molecule has 0 aromatic carbocycles. The summed E-state index contributed by atoms with van der Waals surface area (Å²) in [5.41, 5.74) is 0.252. The average Bonchev–Trinajstić information content (AvgIpc) is 3.04. The minimum Gasteiger partial charge on any atom is -0.350 e. The van der Waals surface area contributed by atoms with Gasteiger partial charge in [-0.1, -0.05) is 12.8 Å². The lowest BCUT2D eigenvalue weighted by atomic mass is 9.86. The second-order valence-corrected chi connectivity index (χ2v) is 6.06. The molecule has 0 bridgehead atoms. The normalized spacial score (nSPS) is 23.9. The first-order valence-corrected chi connectivity index (χ1v) is 7.38. The standard InChI is InChI=1S/C15H20N4O/c1-11-8-19-9-12(4-5-13(19)17-11)18-14(20)15(10-16)6-2-3-7-15/h8,12H,2-7,9H2,1H3,(H,18,20)/t12-/m1/s1. The van der Waals surface area contributed by atoms with E-state index in [-0.39, 0.29) is 11.9 Å². The van der Waals surface area contributed by atoms with Gasteiger partial charge in [0.25, 0.3) is 0 Å².